The number of nitrogens with zero attached hydrogens (tertiary/aromatic N) is 3. The second-order valence-electron chi connectivity index (χ2n) is 7.79. The van der Waals surface area contributed by atoms with Gasteiger partial charge in [-0.05, 0) is 55.3 Å². The molecular formula is C25H27N5O2. The van der Waals surface area contributed by atoms with Crippen molar-refractivity contribution < 1.29 is 9.53 Å². The molecule has 0 spiro atoms. The lowest BCUT2D eigenvalue weighted by Gasteiger charge is -2.35. The molecule has 1 amide bonds. The highest BCUT2D eigenvalue weighted by atomic mass is 16.5. The number of hydrogen-bond acceptors (Lipinski definition) is 5. The third-order valence-corrected chi connectivity index (χ3v) is 5.68. The molecule has 1 atom stereocenters. The quantitative estimate of drug-likeness (QED) is 0.544. The molecule has 4 rings (SSSR count). The molecule has 2 heterocycles. The summed E-state index contributed by atoms with van der Waals surface area (Å²) in [5.74, 6) is 1.11. The van der Waals surface area contributed by atoms with Crippen LogP contribution >= 0.6 is 0 Å². The number of rotatable bonds is 7. The summed E-state index contributed by atoms with van der Waals surface area (Å²) in [6.45, 7) is 9.45. The van der Waals surface area contributed by atoms with Crippen molar-refractivity contribution in [2.75, 3.05) is 18.8 Å². The zero-order chi connectivity index (χ0) is 22.7. The Hall–Kier alpha value is -4.00. The number of ether oxygens (including phenoxy) is 1. The molecule has 3 aromatic rings. The first-order valence-corrected chi connectivity index (χ1v) is 10.6. The van der Waals surface area contributed by atoms with Crippen molar-refractivity contribution in [1.82, 2.24) is 14.7 Å². The van der Waals surface area contributed by atoms with Gasteiger partial charge in [-0.25, -0.2) is 4.68 Å². The predicted octanol–water partition coefficient (Wildman–Crippen LogP) is 4.36. The second kappa shape index (κ2) is 9.01. The summed E-state index contributed by atoms with van der Waals surface area (Å²) < 4.78 is 7.58. The van der Waals surface area contributed by atoms with E-state index in [2.05, 4.69) is 18.1 Å². The highest BCUT2D eigenvalue weighted by Crippen LogP contribution is 2.33. The number of amides is 1. The van der Waals surface area contributed by atoms with Gasteiger partial charge in [0.25, 0.3) is 5.91 Å². The van der Waals surface area contributed by atoms with Crippen molar-refractivity contribution in [2.24, 2.45) is 5.73 Å². The van der Waals surface area contributed by atoms with E-state index in [1.165, 1.54) is 0 Å². The van der Waals surface area contributed by atoms with E-state index in [1.807, 2.05) is 54.6 Å². The molecule has 0 saturated carbocycles. The summed E-state index contributed by atoms with van der Waals surface area (Å²) in [5.41, 5.74) is 14.4. The number of hydrogen-bond donors (Lipinski definition) is 2. The van der Waals surface area contributed by atoms with Crippen LogP contribution in [0.15, 0.2) is 79.5 Å². The van der Waals surface area contributed by atoms with Gasteiger partial charge in [0.05, 0.1) is 6.04 Å². The molecule has 164 valence electrons. The third-order valence-electron chi connectivity index (χ3n) is 5.68. The number of nitrogen functional groups attached to an aromatic ring is 1. The lowest BCUT2D eigenvalue weighted by atomic mass is 10.0. The summed E-state index contributed by atoms with van der Waals surface area (Å²) >= 11 is 0. The van der Waals surface area contributed by atoms with Crippen molar-refractivity contribution in [3.05, 3.63) is 85.1 Å². The fourth-order valence-electron chi connectivity index (χ4n) is 4.02. The van der Waals surface area contributed by atoms with E-state index in [0.29, 0.717) is 18.0 Å². The van der Waals surface area contributed by atoms with Gasteiger partial charge >= 0.3 is 0 Å². The van der Waals surface area contributed by atoms with Gasteiger partial charge in [0.15, 0.2) is 0 Å². The van der Waals surface area contributed by atoms with Crippen molar-refractivity contribution in [2.45, 2.75) is 18.9 Å². The molecule has 0 aliphatic carbocycles. The summed E-state index contributed by atoms with van der Waals surface area (Å²) in [6, 6.07) is 16.9. The standard InChI is InChI=1S/C25H27N5O2/c1-3-17(2)29-15-7-8-19(16-29)30-24(26)22(25(27)31)23(28-30)18-11-13-21(14-12-18)32-20-9-5-4-6-10-20/h3-6,9-14,19H,1-2,7-8,15-16,26H2,(H2,27,31)/t19-/m1/s1. The maximum Gasteiger partial charge on any atom is 0.254 e. The van der Waals surface area contributed by atoms with Crippen LogP contribution in [0.4, 0.5) is 5.82 Å². The summed E-state index contributed by atoms with van der Waals surface area (Å²) in [5, 5.41) is 4.73. The van der Waals surface area contributed by atoms with Crippen LogP contribution in [0.2, 0.25) is 0 Å². The summed E-state index contributed by atoms with van der Waals surface area (Å²) in [4.78, 5) is 14.4. The number of benzene rings is 2. The number of primary amides is 1. The number of allylic oxidation sites excluding steroid dienone is 1. The van der Waals surface area contributed by atoms with Crippen LogP contribution in [-0.4, -0.2) is 33.7 Å². The van der Waals surface area contributed by atoms with Gasteiger partial charge < -0.3 is 21.1 Å². The van der Waals surface area contributed by atoms with Crippen LogP contribution in [0.1, 0.15) is 29.2 Å². The number of nitrogens with two attached hydrogens (primary N) is 2. The van der Waals surface area contributed by atoms with E-state index >= 15 is 0 Å². The molecule has 0 radical (unpaired) electrons. The molecule has 2 aromatic carbocycles. The minimum atomic E-state index is -0.600. The number of aromatic nitrogens is 2. The molecule has 0 unspecified atom stereocenters. The Labute approximate surface area is 187 Å². The van der Waals surface area contributed by atoms with E-state index in [0.717, 1.165) is 36.4 Å². The van der Waals surface area contributed by atoms with Gasteiger partial charge in [0.1, 0.15) is 28.6 Å². The first-order chi connectivity index (χ1) is 15.5. The minimum Gasteiger partial charge on any atom is -0.457 e. The zero-order valence-corrected chi connectivity index (χ0v) is 17.9. The Kier molecular flexibility index (Phi) is 5.98. The van der Waals surface area contributed by atoms with Crippen LogP contribution in [-0.2, 0) is 0 Å². The van der Waals surface area contributed by atoms with Gasteiger partial charge in [-0.1, -0.05) is 31.4 Å². The maximum absolute atomic E-state index is 12.3. The van der Waals surface area contributed by atoms with Crippen molar-refractivity contribution in [1.29, 1.82) is 0 Å². The smallest absolute Gasteiger partial charge is 0.254 e. The average molecular weight is 430 g/mol. The van der Waals surface area contributed by atoms with Crippen LogP contribution < -0.4 is 16.2 Å². The van der Waals surface area contributed by atoms with Gasteiger partial charge in [-0.3, -0.25) is 4.79 Å². The summed E-state index contributed by atoms with van der Waals surface area (Å²) in [6.07, 6.45) is 3.60. The Morgan fingerprint density at radius 1 is 1.12 bits per heavy atom. The van der Waals surface area contributed by atoms with Gasteiger partial charge in [0.2, 0.25) is 0 Å². The van der Waals surface area contributed by atoms with Crippen LogP contribution in [0, 0.1) is 0 Å². The fraction of sp³-hybridized carbons (Fsp3) is 0.200. The van der Waals surface area contributed by atoms with E-state index in [9.17, 15) is 4.79 Å². The van der Waals surface area contributed by atoms with Crippen molar-refractivity contribution in [3.8, 4) is 22.8 Å². The SMILES string of the molecule is C=CC(=C)N1CCC[C@@H](n2nc(-c3ccc(Oc4ccccc4)cc3)c(C(N)=O)c2N)C1. The Morgan fingerprint density at radius 2 is 1.81 bits per heavy atom. The Balaban J connectivity index is 1.63. The van der Waals surface area contributed by atoms with Gasteiger partial charge in [-0.15, -0.1) is 0 Å². The zero-order valence-electron chi connectivity index (χ0n) is 17.9. The van der Waals surface area contributed by atoms with E-state index in [4.69, 9.17) is 21.3 Å². The first kappa shape index (κ1) is 21.2. The number of para-hydroxylation sites is 1. The molecule has 7 heteroatoms. The normalized spacial score (nSPS) is 15.9. The molecular weight excluding hydrogens is 402 g/mol. The highest BCUT2D eigenvalue weighted by Gasteiger charge is 2.28. The van der Waals surface area contributed by atoms with Gasteiger partial charge in [-0.2, -0.15) is 5.10 Å². The molecule has 1 aromatic heterocycles. The number of anilines is 1. The molecule has 7 nitrogen and oxygen atoms in total. The van der Waals surface area contributed by atoms with E-state index < -0.39 is 5.91 Å². The van der Waals surface area contributed by atoms with Crippen molar-refractivity contribution in [3.63, 3.8) is 0 Å². The highest BCUT2D eigenvalue weighted by molar-refractivity contribution is 6.03. The Morgan fingerprint density at radius 3 is 2.47 bits per heavy atom. The maximum atomic E-state index is 12.3. The fourth-order valence-corrected chi connectivity index (χ4v) is 4.02. The number of likely N-dealkylation sites (tertiary alicyclic amines) is 1. The molecule has 1 fully saturated rings. The van der Waals surface area contributed by atoms with Gasteiger partial charge in [0, 0.05) is 24.4 Å². The van der Waals surface area contributed by atoms with E-state index in [-0.39, 0.29) is 17.4 Å². The number of carbonyl (C=O) groups excluding carboxylic acids is 1. The monoisotopic (exact) mass is 429 g/mol. The second-order valence-corrected chi connectivity index (χ2v) is 7.79. The molecule has 32 heavy (non-hydrogen) atoms. The summed E-state index contributed by atoms with van der Waals surface area (Å²) in [7, 11) is 0. The van der Waals surface area contributed by atoms with E-state index in [1.54, 1.807) is 10.8 Å². The molecule has 1 aliphatic rings. The van der Waals surface area contributed by atoms with Crippen LogP contribution in [0.25, 0.3) is 11.3 Å². The average Bonchev–Trinajstić information content (AvgIpc) is 3.17. The molecule has 1 aliphatic heterocycles. The molecule has 4 N–H and O–H groups in total. The predicted molar refractivity (Wildman–Crippen MR) is 126 cm³/mol. The lowest BCUT2D eigenvalue weighted by Crippen LogP contribution is -2.36. The molecule has 1 saturated heterocycles. The van der Waals surface area contributed by atoms with Crippen LogP contribution in [0.5, 0.6) is 11.5 Å². The Bertz CT molecular complexity index is 1140. The topological polar surface area (TPSA) is 99.4 Å². The first-order valence-electron chi connectivity index (χ1n) is 10.6. The third kappa shape index (κ3) is 4.23. The number of piperidine rings is 1. The van der Waals surface area contributed by atoms with Crippen molar-refractivity contribution >= 4 is 11.7 Å². The minimum absolute atomic E-state index is 0.00740. The lowest BCUT2D eigenvalue weighted by molar-refractivity contribution is 0.100. The molecule has 0 bridgehead atoms. The largest absolute Gasteiger partial charge is 0.457 e. The van der Waals surface area contributed by atoms with Crippen LogP contribution in [0.3, 0.4) is 0 Å². The number of carbonyl (C=O) groups is 1.